The van der Waals surface area contributed by atoms with Crippen LogP contribution in [-0.4, -0.2) is 23.3 Å². The number of carbonyl (C=O) groups is 1. The number of carbonyl (C=O) groups excluding carboxylic acids is 1. The zero-order chi connectivity index (χ0) is 12.3. The lowest BCUT2D eigenvalue weighted by molar-refractivity contribution is -0.198. The van der Waals surface area contributed by atoms with Gasteiger partial charge in [-0.1, -0.05) is 23.2 Å². The molecule has 4 rings (SSSR count). The first-order chi connectivity index (χ1) is 8.01. The van der Waals surface area contributed by atoms with Crippen LogP contribution < -0.4 is 0 Å². The quantitative estimate of drug-likeness (QED) is 0.776. The number of esters is 1. The Bertz CT molecular complexity index is 498. The predicted octanol–water partition coefficient (Wildman–Crippen LogP) is 2.38. The van der Waals surface area contributed by atoms with Crippen LogP contribution in [0.1, 0.15) is 24.8 Å². The van der Waals surface area contributed by atoms with Crippen molar-refractivity contribution in [3.63, 3.8) is 0 Å². The van der Waals surface area contributed by atoms with Gasteiger partial charge in [-0.2, -0.15) is 0 Å². The molecule has 0 unspecified atom stereocenters. The van der Waals surface area contributed by atoms with E-state index in [1.54, 1.807) is 6.07 Å². The van der Waals surface area contributed by atoms with Crippen LogP contribution in [0.4, 0.5) is 0 Å². The number of halogens is 2. The second-order valence-electron chi connectivity index (χ2n) is 4.95. The van der Waals surface area contributed by atoms with E-state index in [0.717, 1.165) is 24.8 Å². The molecule has 3 aliphatic carbocycles. The lowest BCUT2D eigenvalue weighted by Gasteiger charge is -2.68. The zero-order valence-corrected chi connectivity index (χ0v) is 10.7. The van der Waals surface area contributed by atoms with Crippen LogP contribution in [0.2, 0.25) is 10.3 Å². The molecule has 2 bridgehead atoms. The van der Waals surface area contributed by atoms with Crippen molar-refractivity contribution in [1.29, 1.82) is 0 Å². The van der Waals surface area contributed by atoms with Gasteiger partial charge in [0.25, 0.3) is 0 Å². The largest absolute Gasteiger partial charge is 0.469 e. The maximum absolute atomic E-state index is 11.6. The Morgan fingerprint density at radius 2 is 2.00 bits per heavy atom. The van der Waals surface area contributed by atoms with Crippen molar-refractivity contribution in [2.75, 3.05) is 7.11 Å². The number of ether oxygens (including phenoxy) is 1. The highest BCUT2D eigenvalue weighted by molar-refractivity contribution is 6.31. The number of nitrogens with zero attached hydrogens (tertiary/aromatic N) is 2. The van der Waals surface area contributed by atoms with Crippen LogP contribution in [-0.2, 0) is 14.9 Å². The van der Waals surface area contributed by atoms with E-state index in [1.807, 2.05) is 0 Å². The number of hydrogen-bond donors (Lipinski definition) is 0. The molecule has 0 saturated heterocycles. The first-order valence-corrected chi connectivity index (χ1v) is 6.05. The molecule has 6 heteroatoms. The van der Waals surface area contributed by atoms with Gasteiger partial charge in [0.15, 0.2) is 10.3 Å². The molecular formula is C11H10Cl2N2O2. The van der Waals surface area contributed by atoms with Gasteiger partial charge in [0.05, 0.1) is 12.5 Å². The second kappa shape index (κ2) is 3.33. The Balaban J connectivity index is 1.87. The van der Waals surface area contributed by atoms with E-state index in [2.05, 4.69) is 10.2 Å². The summed E-state index contributed by atoms with van der Waals surface area (Å²) >= 11 is 11.9. The lowest BCUT2D eigenvalue weighted by atomic mass is 9.33. The fourth-order valence-electron chi connectivity index (χ4n) is 3.23. The molecule has 3 saturated carbocycles. The molecular weight excluding hydrogens is 263 g/mol. The third kappa shape index (κ3) is 1.34. The predicted molar refractivity (Wildman–Crippen MR) is 62.0 cm³/mol. The average Bonchev–Trinajstić information content (AvgIpc) is 2.19. The van der Waals surface area contributed by atoms with Crippen molar-refractivity contribution >= 4 is 29.2 Å². The van der Waals surface area contributed by atoms with Crippen LogP contribution in [0.15, 0.2) is 6.07 Å². The molecule has 90 valence electrons. The fraction of sp³-hybridized carbons (Fsp3) is 0.545. The Labute approximate surface area is 108 Å². The van der Waals surface area contributed by atoms with Gasteiger partial charge in [0.1, 0.15) is 0 Å². The molecule has 0 N–H and O–H groups in total. The minimum Gasteiger partial charge on any atom is -0.469 e. The molecule has 1 heterocycles. The van der Waals surface area contributed by atoms with Gasteiger partial charge in [-0.15, -0.1) is 10.2 Å². The summed E-state index contributed by atoms with van der Waals surface area (Å²) < 4.78 is 4.80. The summed E-state index contributed by atoms with van der Waals surface area (Å²) in [7, 11) is 1.42. The summed E-state index contributed by atoms with van der Waals surface area (Å²) in [6.45, 7) is 0. The summed E-state index contributed by atoms with van der Waals surface area (Å²) in [6.07, 6.45) is 2.32. The smallest absolute Gasteiger partial charge is 0.311 e. The first kappa shape index (κ1) is 11.2. The van der Waals surface area contributed by atoms with Crippen molar-refractivity contribution < 1.29 is 9.53 Å². The zero-order valence-electron chi connectivity index (χ0n) is 9.17. The normalized spacial score (nSPS) is 33.6. The van der Waals surface area contributed by atoms with E-state index in [0.29, 0.717) is 10.3 Å². The molecule has 3 fully saturated rings. The van der Waals surface area contributed by atoms with Gasteiger partial charge in [0.2, 0.25) is 0 Å². The van der Waals surface area contributed by atoms with Crippen molar-refractivity contribution in [1.82, 2.24) is 10.2 Å². The topological polar surface area (TPSA) is 52.1 Å². The lowest BCUT2D eigenvalue weighted by Crippen LogP contribution is -2.68. The molecule has 0 atom stereocenters. The van der Waals surface area contributed by atoms with Gasteiger partial charge in [-0.25, -0.2) is 0 Å². The number of aromatic nitrogens is 2. The standard InChI is InChI=1S/C11H10Cl2N2O2/c1-17-9(16)11-3-10(4-11,5-11)6-2-7(12)14-15-8(6)13/h2H,3-5H2,1H3. The van der Waals surface area contributed by atoms with Crippen LogP contribution in [0.25, 0.3) is 0 Å². The molecule has 0 aliphatic heterocycles. The summed E-state index contributed by atoms with van der Waals surface area (Å²) in [5.74, 6) is -0.122. The maximum Gasteiger partial charge on any atom is 0.311 e. The molecule has 3 aliphatic rings. The summed E-state index contributed by atoms with van der Waals surface area (Å²) in [6, 6.07) is 1.75. The molecule has 0 spiro atoms. The maximum atomic E-state index is 11.6. The monoisotopic (exact) mass is 272 g/mol. The van der Waals surface area contributed by atoms with E-state index >= 15 is 0 Å². The first-order valence-electron chi connectivity index (χ1n) is 5.29. The highest BCUT2D eigenvalue weighted by atomic mass is 35.5. The number of rotatable bonds is 2. The summed E-state index contributed by atoms with van der Waals surface area (Å²) in [4.78, 5) is 11.6. The van der Waals surface area contributed by atoms with Crippen LogP contribution >= 0.6 is 23.2 Å². The van der Waals surface area contributed by atoms with E-state index in [9.17, 15) is 4.79 Å². The second-order valence-corrected chi connectivity index (χ2v) is 5.70. The van der Waals surface area contributed by atoms with Crippen molar-refractivity contribution in [2.24, 2.45) is 5.41 Å². The van der Waals surface area contributed by atoms with Gasteiger partial charge in [0, 0.05) is 11.0 Å². The number of hydrogen-bond acceptors (Lipinski definition) is 4. The van der Waals surface area contributed by atoms with Crippen LogP contribution in [0, 0.1) is 5.41 Å². The van der Waals surface area contributed by atoms with Gasteiger partial charge in [-0.3, -0.25) is 4.79 Å². The molecule has 4 nitrogen and oxygen atoms in total. The van der Waals surface area contributed by atoms with Crippen molar-refractivity contribution in [3.8, 4) is 0 Å². The highest BCUT2D eigenvalue weighted by Gasteiger charge is 2.73. The average molecular weight is 273 g/mol. The van der Waals surface area contributed by atoms with Crippen molar-refractivity contribution in [2.45, 2.75) is 24.7 Å². The van der Waals surface area contributed by atoms with Gasteiger partial charge < -0.3 is 4.74 Å². The molecule has 0 aromatic carbocycles. The Morgan fingerprint density at radius 3 is 2.59 bits per heavy atom. The molecule has 1 aromatic rings. The van der Waals surface area contributed by atoms with E-state index in [1.165, 1.54) is 7.11 Å². The van der Waals surface area contributed by atoms with E-state index < -0.39 is 0 Å². The SMILES string of the molecule is COC(=O)C12CC(c3cc(Cl)nnc3Cl)(C1)C2. The molecule has 17 heavy (non-hydrogen) atoms. The Kier molecular flexibility index (Phi) is 2.20. The molecule has 0 amide bonds. The van der Waals surface area contributed by atoms with Gasteiger partial charge in [-0.05, 0) is 25.3 Å². The molecule has 1 aromatic heterocycles. The van der Waals surface area contributed by atoms with Crippen molar-refractivity contribution in [3.05, 3.63) is 21.9 Å². The minimum absolute atomic E-state index is 0.0369. The van der Waals surface area contributed by atoms with Gasteiger partial charge >= 0.3 is 5.97 Å². The highest BCUT2D eigenvalue weighted by Crippen LogP contribution is 2.74. The summed E-state index contributed by atoms with van der Waals surface area (Å²) in [5.41, 5.74) is 0.587. The Hall–Kier alpha value is -0.870. The fourth-order valence-corrected chi connectivity index (χ4v) is 3.67. The number of methoxy groups -OCH3 is 1. The van der Waals surface area contributed by atoms with E-state index in [4.69, 9.17) is 27.9 Å². The Morgan fingerprint density at radius 1 is 1.35 bits per heavy atom. The molecule has 0 radical (unpaired) electrons. The van der Waals surface area contributed by atoms with E-state index in [-0.39, 0.29) is 16.8 Å². The van der Waals surface area contributed by atoms with Crippen LogP contribution in [0.3, 0.4) is 0 Å². The van der Waals surface area contributed by atoms with Crippen LogP contribution in [0.5, 0.6) is 0 Å². The minimum atomic E-state index is -0.284. The third-order valence-electron chi connectivity index (χ3n) is 3.94. The summed E-state index contributed by atoms with van der Waals surface area (Å²) in [5, 5.41) is 8.21. The third-order valence-corrected chi connectivity index (χ3v) is 4.40.